The molecule has 0 saturated carbocycles. The molecule has 0 unspecified atom stereocenters. The average molecular weight is 147 g/mol. The number of sulfonamides is 1. The summed E-state index contributed by atoms with van der Waals surface area (Å²) >= 11 is 0. The maximum absolute atomic E-state index is 10.2. The molecule has 0 rings (SSSR count). The third-order valence-electron chi connectivity index (χ3n) is 0.589. The van der Waals surface area contributed by atoms with E-state index in [4.69, 9.17) is 0 Å². The summed E-state index contributed by atoms with van der Waals surface area (Å²) in [6.45, 7) is 3.39. The van der Waals surface area contributed by atoms with E-state index < -0.39 is 10.0 Å². The summed E-state index contributed by atoms with van der Waals surface area (Å²) in [5, 5.41) is 5.58. The van der Waals surface area contributed by atoms with E-state index in [0.29, 0.717) is 6.42 Å². The minimum Gasteiger partial charge on any atom is -0.225 e. The van der Waals surface area contributed by atoms with Gasteiger partial charge in [-0.05, 0) is 6.42 Å². The lowest BCUT2D eigenvalue weighted by Crippen LogP contribution is -2.06. The minimum absolute atomic E-state index is 0.524. The fraction of sp³-hybridized carbons (Fsp3) is 0.200. The highest BCUT2D eigenvalue weighted by atomic mass is 32.2. The predicted octanol–water partition coefficient (Wildman–Crippen LogP) is 0.365. The summed E-state index contributed by atoms with van der Waals surface area (Å²) in [6, 6.07) is 0. The highest BCUT2D eigenvalue weighted by molar-refractivity contribution is 7.92. The van der Waals surface area contributed by atoms with Crippen molar-refractivity contribution in [3.8, 4) is 0 Å². The van der Waals surface area contributed by atoms with Crippen LogP contribution in [0.1, 0.15) is 6.42 Å². The predicted molar refractivity (Wildman–Crippen MR) is 37.1 cm³/mol. The summed E-state index contributed by atoms with van der Waals surface area (Å²) in [5.41, 5.74) is 0. The average Bonchev–Trinajstić information content (AvgIpc) is 1.63. The van der Waals surface area contributed by atoms with Crippen LogP contribution in [-0.4, -0.2) is 8.42 Å². The molecular formula is C5H9NO2S. The van der Waals surface area contributed by atoms with Crippen molar-refractivity contribution >= 4 is 10.0 Å². The van der Waals surface area contributed by atoms with Gasteiger partial charge in [0.15, 0.2) is 0 Å². The van der Waals surface area contributed by atoms with Crippen molar-refractivity contribution < 1.29 is 8.42 Å². The molecule has 0 radical (unpaired) electrons. The zero-order valence-corrected chi connectivity index (χ0v) is 5.76. The van der Waals surface area contributed by atoms with Crippen LogP contribution in [0.15, 0.2) is 24.1 Å². The van der Waals surface area contributed by atoms with E-state index in [1.807, 2.05) is 0 Å². The van der Waals surface area contributed by atoms with Gasteiger partial charge < -0.3 is 0 Å². The molecule has 0 heterocycles. The number of hydrogen-bond acceptors (Lipinski definition) is 2. The monoisotopic (exact) mass is 147 g/mol. The third-order valence-corrected chi connectivity index (χ3v) is 1.16. The highest BCUT2D eigenvalue weighted by Crippen LogP contribution is 1.85. The lowest BCUT2D eigenvalue weighted by Gasteiger charge is -1.81. The second-order valence-corrected chi connectivity index (χ2v) is 2.94. The number of primary sulfonamides is 1. The smallest absolute Gasteiger partial charge is 0.225 e. The van der Waals surface area contributed by atoms with Crippen molar-refractivity contribution in [1.29, 1.82) is 0 Å². The SMILES string of the molecule is C=CCC=CS(N)(=O)=O. The number of allylic oxidation sites excluding steroid dienone is 2. The molecule has 0 spiro atoms. The van der Waals surface area contributed by atoms with Gasteiger partial charge in [-0.1, -0.05) is 12.2 Å². The van der Waals surface area contributed by atoms with E-state index in [0.717, 1.165) is 5.41 Å². The molecule has 4 heteroatoms. The fourth-order valence-electron chi connectivity index (χ4n) is 0.286. The molecule has 0 aliphatic rings. The normalized spacial score (nSPS) is 12.1. The lowest BCUT2D eigenvalue weighted by atomic mass is 10.4. The zero-order valence-electron chi connectivity index (χ0n) is 4.95. The number of rotatable bonds is 3. The summed E-state index contributed by atoms with van der Waals surface area (Å²) in [7, 11) is -3.42. The molecule has 0 fully saturated rings. The molecule has 0 aromatic rings. The Labute approximate surface area is 54.9 Å². The fourth-order valence-corrected chi connectivity index (χ4v) is 0.665. The van der Waals surface area contributed by atoms with Gasteiger partial charge in [0, 0.05) is 5.41 Å². The van der Waals surface area contributed by atoms with Crippen LogP contribution < -0.4 is 5.14 Å². The van der Waals surface area contributed by atoms with Crippen LogP contribution in [0.4, 0.5) is 0 Å². The van der Waals surface area contributed by atoms with Gasteiger partial charge in [-0.3, -0.25) is 0 Å². The molecule has 3 nitrogen and oxygen atoms in total. The van der Waals surface area contributed by atoms with Gasteiger partial charge >= 0.3 is 0 Å². The molecule has 0 aromatic heterocycles. The van der Waals surface area contributed by atoms with Gasteiger partial charge in [0.05, 0.1) is 0 Å². The van der Waals surface area contributed by atoms with E-state index in [2.05, 4.69) is 11.7 Å². The molecule has 0 saturated heterocycles. The second-order valence-electron chi connectivity index (χ2n) is 1.49. The Morgan fingerprint density at radius 3 is 2.44 bits per heavy atom. The lowest BCUT2D eigenvalue weighted by molar-refractivity contribution is 0.606. The Hall–Kier alpha value is -0.610. The van der Waals surface area contributed by atoms with Crippen LogP contribution in [0.2, 0.25) is 0 Å². The Morgan fingerprint density at radius 2 is 2.11 bits per heavy atom. The first-order valence-electron chi connectivity index (χ1n) is 2.36. The second kappa shape index (κ2) is 3.42. The highest BCUT2D eigenvalue weighted by Gasteiger charge is 1.89. The molecule has 0 bridgehead atoms. The van der Waals surface area contributed by atoms with E-state index in [9.17, 15) is 8.42 Å². The van der Waals surface area contributed by atoms with Crippen LogP contribution in [0, 0.1) is 0 Å². The first kappa shape index (κ1) is 8.39. The first-order valence-corrected chi connectivity index (χ1v) is 3.97. The van der Waals surface area contributed by atoms with Crippen molar-refractivity contribution in [3.63, 3.8) is 0 Å². The van der Waals surface area contributed by atoms with Gasteiger partial charge in [0.2, 0.25) is 10.0 Å². The first-order chi connectivity index (χ1) is 4.06. The Morgan fingerprint density at radius 1 is 1.56 bits per heavy atom. The van der Waals surface area contributed by atoms with Crippen molar-refractivity contribution in [3.05, 3.63) is 24.1 Å². The molecule has 0 aliphatic heterocycles. The standard InChI is InChI=1S/C5H9NO2S/c1-2-3-4-5-9(6,7)8/h2,4-5H,1,3H2,(H2,6,7,8). The van der Waals surface area contributed by atoms with E-state index in [1.54, 1.807) is 6.08 Å². The molecular weight excluding hydrogens is 138 g/mol. The number of nitrogens with two attached hydrogens (primary N) is 1. The largest absolute Gasteiger partial charge is 0.230 e. The maximum Gasteiger partial charge on any atom is 0.230 e. The van der Waals surface area contributed by atoms with Gasteiger partial charge in [0.25, 0.3) is 0 Å². The van der Waals surface area contributed by atoms with Crippen molar-refractivity contribution in [2.75, 3.05) is 0 Å². The minimum atomic E-state index is -3.42. The van der Waals surface area contributed by atoms with Crippen LogP contribution in [-0.2, 0) is 10.0 Å². The molecule has 9 heavy (non-hydrogen) atoms. The van der Waals surface area contributed by atoms with Gasteiger partial charge in [-0.15, -0.1) is 6.58 Å². The molecule has 2 N–H and O–H groups in total. The Bertz CT molecular complexity index is 203. The van der Waals surface area contributed by atoms with Gasteiger partial charge in [0.1, 0.15) is 0 Å². The Balaban J connectivity index is 3.87. The van der Waals surface area contributed by atoms with E-state index in [-0.39, 0.29) is 0 Å². The zero-order chi connectivity index (χ0) is 7.33. The van der Waals surface area contributed by atoms with Crippen molar-refractivity contribution in [2.24, 2.45) is 5.14 Å². The van der Waals surface area contributed by atoms with Crippen LogP contribution in [0.25, 0.3) is 0 Å². The summed E-state index contributed by atoms with van der Waals surface area (Å²) in [4.78, 5) is 0. The van der Waals surface area contributed by atoms with Gasteiger partial charge in [-0.2, -0.15) is 0 Å². The molecule has 0 aliphatic carbocycles. The van der Waals surface area contributed by atoms with Crippen molar-refractivity contribution in [2.45, 2.75) is 6.42 Å². The summed E-state index contributed by atoms with van der Waals surface area (Å²) < 4.78 is 20.3. The summed E-state index contributed by atoms with van der Waals surface area (Å²) in [6.07, 6.45) is 3.54. The molecule has 0 atom stereocenters. The van der Waals surface area contributed by atoms with Gasteiger partial charge in [-0.25, -0.2) is 13.6 Å². The van der Waals surface area contributed by atoms with Crippen LogP contribution >= 0.6 is 0 Å². The number of hydrogen-bond donors (Lipinski definition) is 1. The van der Waals surface area contributed by atoms with E-state index >= 15 is 0 Å². The topological polar surface area (TPSA) is 60.2 Å². The van der Waals surface area contributed by atoms with Crippen LogP contribution in [0.3, 0.4) is 0 Å². The summed E-state index contributed by atoms with van der Waals surface area (Å²) in [5.74, 6) is 0. The Kier molecular flexibility index (Phi) is 3.19. The molecule has 0 amide bonds. The molecule has 52 valence electrons. The van der Waals surface area contributed by atoms with Crippen LogP contribution in [0.5, 0.6) is 0 Å². The van der Waals surface area contributed by atoms with Crippen molar-refractivity contribution in [1.82, 2.24) is 0 Å². The quantitative estimate of drug-likeness (QED) is 0.586. The van der Waals surface area contributed by atoms with E-state index in [1.165, 1.54) is 6.08 Å². The molecule has 0 aromatic carbocycles. The maximum atomic E-state index is 10.2. The third kappa shape index (κ3) is 7.39.